The van der Waals surface area contributed by atoms with Crippen LogP contribution in [0.2, 0.25) is 0 Å². The lowest BCUT2D eigenvalue weighted by Gasteiger charge is -2.14. The Morgan fingerprint density at radius 1 is 0.750 bits per heavy atom. The molecule has 166 valence electrons. The van der Waals surface area contributed by atoms with Crippen LogP contribution in [0.5, 0.6) is 0 Å². The van der Waals surface area contributed by atoms with Crippen molar-refractivity contribution in [2.45, 2.75) is 123 Å². The van der Waals surface area contributed by atoms with Crippen LogP contribution in [0.25, 0.3) is 0 Å². The number of hydrogen-bond acceptors (Lipinski definition) is 4. The van der Waals surface area contributed by atoms with E-state index in [1.165, 1.54) is 90.4 Å². The average molecular weight is 463 g/mol. The van der Waals surface area contributed by atoms with Gasteiger partial charge in [-0.25, -0.2) is 0 Å². The standard InChI is InChI=1S/C23H43BrO4/c1-3-4-5-6-7-8-9-10-11-12-13-14-15-16-17-18-23(26)27-20-22(19-24)28-21(2)25/h22H,3-20H2,1-2H3/t22-/m0/s1. The van der Waals surface area contributed by atoms with E-state index in [1.807, 2.05) is 0 Å². The Balaban J connectivity index is 3.30. The van der Waals surface area contributed by atoms with E-state index < -0.39 is 6.10 Å². The highest BCUT2D eigenvalue weighted by Crippen LogP contribution is 2.14. The van der Waals surface area contributed by atoms with E-state index >= 15 is 0 Å². The van der Waals surface area contributed by atoms with Gasteiger partial charge in [0.15, 0.2) is 0 Å². The van der Waals surface area contributed by atoms with E-state index in [1.54, 1.807) is 0 Å². The smallest absolute Gasteiger partial charge is 0.305 e. The number of esters is 2. The Morgan fingerprint density at radius 3 is 1.57 bits per heavy atom. The van der Waals surface area contributed by atoms with Gasteiger partial charge in [-0.15, -0.1) is 0 Å². The first kappa shape index (κ1) is 27.4. The van der Waals surface area contributed by atoms with Crippen molar-refractivity contribution in [3.63, 3.8) is 0 Å². The molecule has 0 aliphatic rings. The monoisotopic (exact) mass is 462 g/mol. The summed E-state index contributed by atoms with van der Waals surface area (Å²) in [5.74, 6) is -0.560. The van der Waals surface area contributed by atoms with Crippen LogP contribution in [-0.4, -0.2) is 30.0 Å². The minimum absolute atomic E-state index is 0.127. The number of ether oxygens (including phenoxy) is 2. The highest BCUT2D eigenvalue weighted by molar-refractivity contribution is 9.09. The molecule has 0 saturated heterocycles. The van der Waals surface area contributed by atoms with Gasteiger partial charge < -0.3 is 9.47 Å². The first-order valence-electron chi connectivity index (χ1n) is 11.5. The van der Waals surface area contributed by atoms with Crippen LogP contribution in [0.3, 0.4) is 0 Å². The van der Waals surface area contributed by atoms with Crippen molar-refractivity contribution in [2.75, 3.05) is 11.9 Å². The van der Waals surface area contributed by atoms with Crippen molar-refractivity contribution in [3.8, 4) is 0 Å². The van der Waals surface area contributed by atoms with Crippen LogP contribution in [0.4, 0.5) is 0 Å². The first-order chi connectivity index (χ1) is 13.6. The molecule has 28 heavy (non-hydrogen) atoms. The third kappa shape index (κ3) is 20.2. The maximum absolute atomic E-state index is 11.7. The van der Waals surface area contributed by atoms with Gasteiger partial charge in [-0.3, -0.25) is 9.59 Å². The molecule has 0 amide bonds. The van der Waals surface area contributed by atoms with Crippen LogP contribution in [0.15, 0.2) is 0 Å². The van der Waals surface area contributed by atoms with Gasteiger partial charge in [0.25, 0.3) is 0 Å². The molecule has 0 heterocycles. The lowest BCUT2D eigenvalue weighted by atomic mass is 10.0. The van der Waals surface area contributed by atoms with Gasteiger partial charge in [-0.2, -0.15) is 0 Å². The van der Waals surface area contributed by atoms with Gasteiger partial charge in [0.05, 0.1) is 0 Å². The maximum Gasteiger partial charge on any atom is 0.305 e. The molecule has 0 aromatic heterocycles. The van der Waals surface area contributed by atoms with E-state index in [4.69, 9.17) is 9.47 Å². The van der Waals surface area contributed by atoms with Gasteiger partial charge in [0.1, 0.15) is 12.7 Å². The van der Waals surface area contributed by atoms with Crippen LogP contribution in [0, 0.1) is 0 Å². The molecule has 0 aliphatic carbocycles. The minimum Gasteiger partial charge on any atom is -0.462 e. The van der Waals surface area contributed by atoms with Crippen molar-refractivity contribution in [1.29, 1.82) is 0 Å². The fourth-order valence-corrected chi connectivity index (χ4v) is 3.56. The molecule has 0 bridgehead atoms. The second kappa shape index (κ2) is 21.1. The predicted molar refractivity (Wildman–Crippen MR) is 120 cm³/mol. The summed E-state index contributed by atoms with van der Waals surface area (Å²) in [6.45, 7) is 3.75. The number of unbranched alkanes of at least 4 members (excludes halogenated alkanes) is 14. The number of carbonyl (C=O) groups excluding carboxylic acids is 2. The lowest BCUT2D eigenvalue weighted by molar-refractivity contribution is -0.156. The van der Waals surface area contributed by atoms with Crippen molar-refractivity contribution in [3.05, 3.63) is 0 Å². The highest BCUT2D eigenvalue weighted by atomic mass is 79.9. The topological polar surface area (TPSA) is 52.6 Å². The minimum atomic E-state index is -0.400. The van der Waals surface area contributed by atoms with Crippen LogP contribution in [-0.2, 0) is 19.1 Å². The zero-order valence-electron chi connectivity index (χ0n) is 18.3. The maximum atomic E-state index is 11.7. The molecule has 1 atom stereocenters. The lowest BCUT2D eigenvalue weighted by Crippen LogP contribution is -2.25. The molecule has 5 heteroatoms. The number of halogens is 1. The summed E-state index contributed by atoms with van der Waals surface area (Å²) < 4.78 is 10.2. The molecule has 0 aliphatic heterocycles. The number of rotatable bonds is 20. The van der Waals surface area contributed by atoms with E-state index in [0.29, 0.717) is 11.8 Å². The highest BCUT2D eigenvalue weighted by Gasteiger charge is 2.13. The van der Waals surface area contributed by atoms with E-state index in [2.05, 4.69) is 22.9 Å². The zero-order chi connectivity index (χ0) is 20.9. The Labute approximate surface area is 181 Å². The summed E-state index contributed by atoms with van der Waals surface area (Å²) in [6, 6.07) is 0. The zero-order valence-corrected chi connectivity index (χ0v) is 19.9. The normalized spacial score (nSPS) is 12.0. The molecular weight excluding hydrogens is 420 g/mol. The Morgan fingerprint density at radius 2 is 1.18 bits per heavy atom. The predicted octanol–water partition coefficient (Wildman–Crippen LogP) is 7.12. The number of carbonyl (C=O) groups is 2. The second-order valence-corrected chi connectivity index (χ2v) is 8.42. The molecule has 0 unspecified atom stereocenters. The summed E-state index contributed by atoms with van der Waals surface area (Å²) in [6.07, 6.45) is 19.7. The summed E-state index contributed by atoms with van der Waals surface area (Å²) in [5, 5.41) is 0.471. The molecule has 0 radical (unpaired) electrons. The fraction of sp³-hybridized carbons (Fsp3) is 0.913. The second-order valence-electron chi connectivity index (χ2n) is 7.77. The van der Waals surface area contributed by atoms with Crippen LogP contribution < -0.4 is 0 Å². The molecule has 0 fully saturated rings. The van der Waals surface area contributed by atoms with Crippen molar-refractivity contribution < 1.29 is 19.1 Å². The molecule has 0 aromatic carbocycles. The molecule has 0 saturated carbocycles. The quantitative estimate of drug-likeness (QED) is 0.110. The molecule has 0 rings (SSSR count). The van der Waals surface area contributed by atoms with E-state index in [9.17, 15) is 9.59 Å². The summed E-state index contributed by atoms with van der Waals surface area (Å²) in [4.78, 5) is 22.6. The van der Waals surface area contributed by atoms with Gasteiger partial charge in [-0.05, 0) is 6.42 Å². The summed E-state index contributed by atoms with van der Waals surface area (Å²) in [7, 11) is 0. The first-order valence-corrected chi connectivity index (χ1v) is 12.6. The summed E-state index contributed by atoms with van der Waals surface area (Å²) >= 11 is 3.25. The van der Waals surface area contributed by atoms with Crippen molar-refractivity contribution in [1.82, 2.24) is 0 Å². The van der Waals surface area contributed by atoms with Gasteiger partial charge in [-0.1, -0.05) is 113 Å². The third-order valence-electron chi connectivity index (χ3n) is 4.92. The van der Waals surface area contributed by atoms with E-state index in [0.717, 1.165) is 12.8 Å². The Hall–Kier alpha value is -0.580. The molecule has 0 aromatic rings. The average Bonchev–Trinajstić information content (AvgIpc) is 2.67. The number of alkyl halides is 1. The van der Waals surface area contributed by atoms with E-state index in [-0.39, 0.29) is 18.5 Å². The van der Waals surface area contributed by atoms with Crippen molar-refractivity contribution >= 4 is 27.9 Å². The molecule has 0 N–H and O–H groups in total. The van der Waals surface area contributed by atoms with Crippen LogP contribution in [0.1, 0.15) is 117 Å². The fourth-order valence-electron chi connectivity index (χ4n) is 3.24. The third-order valence-corrected chi connectivity index (χ3v) is 5.64. The Bertz CT molecular complexity index is 374. The van der Waals surface area contributed by atoms with Crippen LogP contribution >= 0.6 is 15.9 Å². The van der Waals surface area contributed by atoms with Gasteiger partial charge >= 0.3 is 11.9 Å². The Kier molecular flexibility index (Phi) is 20.7. The van der Waals surface area contributed by atoms with Gasteiger partial charge in [0, 0.05) is 18.7 Å². The largest absolute Gasteiger partial charge is 0.462 e. The summed E-state index contributed by atoms with van der Waals surface area (Å²) in [5.41, 5.74) is 0. The van der Waals surface area contributed by atoms with Gasteiger partial charge in [0.2, 0.25) is 0 Å². The molecule has 4 nitrogen and oxygen atoms in total. The van der Waals surface area contributed by atoms with Crippen molar-refractivity contribution in [2.24, 2.45) is 0 Å². The molecule has 0 spiro atoms. The SMILES string of the molecule is CCCCCCCCCCCCCCCCCC(=O)OC[C@H](CBr)OC(C)=O. The number of hydrogen-bond donors (Lipinski definition) is 0. The molecular formula is C23H43BrO4.